The molecule has 8 N–H and O–H groups in total. The second-order valence-electron chi connectivity index (χ2n) is 6.10. The van der Waals surface area contributed by atoms with Crippen LogP contribution in [-0.4, -0.2) is 115 Å². The van der Waals surface area contributed by atoms with Crippen molar-refractivity contribution in [2.45, 2.75) is 67.8 Å². The summed E-state index contributed by atoms with van der Waals surface area (Å²) in [6.45, 7) is -0.180. The maximum Gasteiger partial charge on any atom is 0.197 e. The molecule has 0 unspecified atom stereocenters. The summed E-state index contributed by atoms with van der Waals surface area (Å²) in [4.78, 5) is 0. The predicted octanol–water partition coefficient (Wildman–Crippen LogP) is -5.01. The summed E-state index contributed by atoms with van der Waals surface area (Å²) in [6.07, 6.45) is -14.2. The molecule has 24 heavy (non-hydrogen) atoms. The predicted molar refractivity (Wildman–Crippen MR) is 73.2 cm³/mol. The Morgan fingerprint density at radius 1 is 0.792 bits per heavy atom. The van der Waals surface area contributed by atoms with Gasteiger partial charge in [-0.15, -0.1) is 0 Å². The van der Waals surface area contributed by atoms with Crippen LogP contribution < -0.4 is 0 Å². The molecule has 11 nitrogen and oxygen atoms in total. The minimum absolute atomic E-state index is 0.675. The number of aliphatic hydroxyl groups is 8. The molecule has 2 rings (SSSR count). The summed E-state index contributed by atoms with van der Waals surface area (Å²) >= 11 is 0. The fraction of sp³-hybridized carbons (Fsp3) is 1.00. The molecule has 0 aromatic heterocycles. The van der Waals surface area contributed by atoms with Gasteiger partial charge in [0.1, 0.15) is 48.8 Å². The molecule has 0 bridgehead atoms. The first-order chi connectivity index (χ1) is 11.2. The first-order valence-electron chi connectivity index (χ1n) is 7.47. The van der Waals surface area contributed by atoms with Crippen molar-refractivity contribution in [3.8, 4) is 0 Å². The van der Waals surface area contributed by atoms with Crippen LogP contribution in [0.3, 0.4) is 0 Å². The van der Waals surface area contributed by atoms with Gasteiger partial charge in [-0.3, -0.25) is 0 Å². The first-order valence-corrected chi connectivity index (χ1v) is 7.47. The summed E-state index contributed by atoms with van der Waals surface area (Å²) in [5.41, 5.74) is 0. The Labute approximate surface area is 137 Å². The van der Waals surface area contributed by atoms with E-state index in [1.165, 1.54) is 6.92 Å². The van der Waals surface area contributed by atoms with E-state index in [0.29, 0.717) is 0 Å². The Morgan fingerprint density at radius 3 is 1.88 bits per heavy atom. The molecule has 2 aliphatic rings. The van der Waals surface area contributed by atoms with Gasteiger partial charge < -0.3 is 55.1 Å². The normalized spacial score (nSPS) is 53.1. The number of hydrogen-bond donors (Lipinski definition) is 8. The lowest BCUT2D eigenvalue weighted by atomic mass is 9.93. The van der Waals surface area contributed by atoms with Gasteiger partial charge in [-0.05, 0) is 6.92 Å². The van der Waals surface area contributed by atoms with E-state index in [-0.39, 0.29) is 0 Å². The highest BCUT2D eigenvalue weighted by atomic mass is 16.8. The molecule has 2 aliphatic heterocycles. The Bertz CT molecular complexity index is 419. The van der Waals surface area contributed by atoms with Gasteiger partial charge in [0.05, 0.1) is 13.2 Å². The molecule has 2 saturated heterocycles. The van der Waals surface area contributed by atoms with Crippen molar-refractivity contribution in [3.63, 3.8) is 0 Å². The molecule has 2 heterocycles. The van der Waals surface area contributed by atoms with Gasteiger partial charge in [0.15, 0.2) is 12.1 Å². The van der Waals surface area contributed by atoms with E-state index in [0.717, 1.165) is 0 Å². The Balaban J connectivity index is 2.18. The zero-order chi connectivity index (χ0) is 18.2. The van der Waals surface area contributed by atoms with Gasteiger partial charge >= 0.3 is 0 Å². The lowest BCUT2D eigenvalue weighted by Crippen LogP contribution is -2.68. The van der Waals surface area contributed by atoms with Crippen LogP contribution >= 0.6 is 0 Å². The van der Waals surface area contributed by atoms with Gasteiger partial charge in [0, 0.05) is 0 Å². The molecule has 10 atom stereocenters. The minimum Gasteiger partial charge on any atom is -0.394 e. The standard InChI is InChI=1S/C13H24O11/c1-13(11(21)9(19)7(17)5(3-15)23-13)24-12-10(20)8(18)6(16)4(2-14)22-12/h4-12,14-21H,2-3H2,1H3/t4-,5-,6-,7-,8+,9+,10-,11+,12+,13-/m1/s1. The SMILES string of the molecule is C[C@]1(O[C@@H]2O[C@H](CO)[C@@H](O)[C@H](O)[C@H]2O)O[C@H](CO)[C@@H](O)[C@H](O)[C@@H]1O. The molecule has 142 valence electrons. The van der Waals surface area contributed by atoms with E-state index in [1.807, 2.05) is 0 Å². The molecule has 2 fully saturated rings. The summed E-state index contributed by atoms with van der Waals surface area (Å²) in [6, 6.07) is 0. The van der Waals surface area contributed by atoms with Gasteiger partial charge in [-0.1, -0.05) is 0 Å². The molecule has 11 heteroatoms. The highest BCUT2D eigenvalue weighted by Gasteiger charge is 2.55. The van der Waals surface area contributed by atoms with Crippen molar-refractivity contribution < 1.29 is 55.1 Å². The lowest BCUT2D eigenvalue weighted by Gasteiger charge is -2.49. The number of hydrogen-bond acceptors (Lipinski definition) is 11. The van der Waals surface area contributed by atoms with Crippen molar-refractivity contribution >= 4 is 0 Å². The summed E-state index contributed by atoms with van der Waals surface area (Å²) in [5, 5.41) is 77.4. The largest absolute Gasteiger partial charge is 0.394 e. The van der Waals surface area contributed by atoms with Gasteiger partial charge in [0.25, 0.3) is 0 Å². The molecule has 0 saturated carbocycles. The topological polar surface area (TPSA) is 190 Å². The average Bonchev–Trinajstić information content (AvgIpc) is 2.57. The van der Waals surface area contributed by atoms with Crippen LogP contribution in [0.4, 0.5) is 0 Å². The zero-order valence-corrected chi connectivity index (χ0v) is 12.9. The second kappa shape index (κ2) is 7.43. The van der Waals surface area contributed by atoms with Crippen LogP contribution in [0.1, 0.15) is 6.92 Å². The van der Waals surface area contributed by atoms with E-state index < -0.39 is 74.1 Å². The fourth-order valence-electron chi connectivity index (χ4n) is 2.79. The van der Waals surface area contributed by atoms with Crippen LogP contribution in [0, 0.1) is 0 Å². The van der Waals surface area contributed by atoms with Crippen molar-refractivity contribution in [2.24, 2.45) is 0 Å². The van der Waals surface area contributed by atoms with E-state index >= 15 is 0 Å². The van der Waals surface area contributed by atoms with E-state index in [4.69, 9.17) is 19.3 Å². The molecule has 0 amide bonds. The average molecular weight is 356 g/mol. The smallest absolute Gasteiger partial charge is 0.197 e. The summed E-state index contributed by atoms with van der Waals surface area (Å²) < 4.78 is 15.8. The zero-order valence-electron chi connectivity index (χ0n) is 12.9. The van der Waals surface area contributed by atoms with Crippen LogP contribution in [0.25, 0.3) is 0 Å². The third-order valence-electron chi connectivity index (χ3n) is 4.36. The van der Waals surface area contributed by atoms with E-state index in [1.54, 1.807) is 0 Å². The van der Waals surface area contributed by atoms with E-state index in [9.17, 15) is 35.7 Å². The molecule has 0 spiro atoms. The second-order valence-corrected chi connectivity index (χ2v) is 6.10. The number of aliphatic hydroxyl groups excluding tert-OH is 8. The maximum absolute atomic E-state index is 10.1. The summed E-state index contributed by atoms with van der Waals surface area (Å²) in [7, 11) is 0. The molecular formula is C13H24O11. The maximum atomic E-state index is 10.1. The number of ether oxygens (including phenoxy) is 3. The van der Waals surface area contributed by atoms with Crippen molar-refractivity contribution in [1.29, 1.82) is 0 Å². The molecule has 0 radical (unpaired) electrons. The third-order valence-corrected chi connectivity index (χ3v) is 4.36. The highest BCUT2D eigenvalue weighted by molar-refractivity contribution is 4.96. The van der Waals surface area contributed by atoms with E-state index in [2.05, 4.69) is 0 Å². The third kappa shape index (κ3) is 3.43. The van der Waals surface area contributed by atoms with Crippen molar-refractivity contribution in [3.05, 3.63) is 0 Å². The lowest BCUT2D eigenvalue weighted by molar-refractivity contribution is -0.416. The van der Waals surface area contributed by atoms with Gasteiger partial charge in [-0.25, -0.2) is 0 Å². The Hall–Kier alpha value is -0.440. The minimum atomic E-state index is -2.01. The molecule has 0 aliphatic carbocycles. The van der Waals surface area contributed by atoms with Crippen LogP contribution in [-0.2, 0) is 14.2 Å². The Morgan fingerprint density at radius 2 is 1.33 bits per heavy atom. The van der Waals surface area contributed by atoms with Crippen LogP contribution in [0.5, 0.6) is 0 Å². The molecule has 0 aromatic rings. The van der Waals surface area contributed by atoms with Crippen molar-refractivity contribution in [1.82, 2.24) is 0 Å². The van der Waals surface area contributed by atoms with Crippen LogP contribution in [0.2, 0.25) is 0 Å². The monoisotopic (exact) mass is 356 g/mol. The Kier molecular flexibility index (Phi) is 6.16. The highest BCUT2D eigenvalue weighted by Crippen LogP contribution is 2.34. The molecule has 0 aromatic carbocycles. The van der Waals surface area contributed by atoms with Gasteiger partial charge in [0.2, 0.25) is 0 Å². The number of rotatable bonds is 4. The fourth-order valence-corrected chi connectivity index (χ4v) is 2.79. The quantitative estimate of drug-likeness (QED) is 0.241. The van der Waals surface area contributed by atoms with Crippen LogP contribution in [0.15, 0.2) is 0 Å². The molecular weight excluding hydrogens is 332 g/mol. The summed E-state index contributed by atoms with van der Waals surface area (Å²) in [5.74, 6) is -2.01. The van der Waals surface area contributed by atoms with Crippen molar-refractivity contribution in [2.75, 3.05) is 13.2 Å². The first kappa shape index (κ1) is 19.9. The van der Waals surface area contributed by atoms with Gasteiger partial charge in [-0.2, -0.15) is 0 Å².